The number of benzene rings is 1. The Balaban J connectivity index is 1.65. The van der Waals surface area contributed by atoms with E-state index in [1.165, 1.54) is 12.8 Å². The Morgan fingerprint density at radius 3 is 2.48 bits per heavy atom. The molecule has 134 valence electrons. The molecule has 0 spiro atoms. The van der Waals surface area contributed by atoms with Gasteiger partial charge in [0, 0.05) is 50.4 Å². The standard InChI is InChI=1S/C19H26N4O2/c1-23(2)19-21-12-14(13-22-19)11-20-15-8-9-17(24-3)18(10-15)25-16-6-4-5-7-16/h8-10,12-13,16,20H,4-7,11H2,1-3H3. The first-order chi connectivity index (χ1) is 12.2. The first-order valence-corrected chi connectivity index (χ1v) is 8.72. The molecule has 25 heavy (non-hydrogen) atoms. The van der Waals surface area contributed by atoms with Crippen LogP contribution in [0.25, 0.3) is 0 Å². The highest BCUT2D eigenvalue weighted by molar-refractivity contribution is 5.55. The second-order valence-electron chi connectivity index (χ2n) is 6.53. The largest absolute Gasteiger partial charge is 0.493 e. The number of rotatable bonds is 7. The summed E-state index contributed by atoms with van der Waals surface area (Å²) in [6.45, 7) is 0.656. The molecule has 0 amide bonds. The van der Waals surface area contributed by atoms with Crippen molar-refractivity contribution in [2.75, 3.05) is 31.4 Å². The molecule has 0 unspecified atom stereocenters. The van der Waals surface area contributed by atoms with E-state index in [1.54, 1.807) is 7.11 Å². The van der Waals surface area contributed by atoms with Gasteiger partial charge in [0.05, 0.1) is 13.2 Å². The molecule has 1 heterocycles. The van der Waals surface area contributed by atoms with Gasteiger partial charge in [-0.25, -0.2) is 9.97 Å². The van der Waals surface area contributed by atoms with E-state index in [-0.39, 0.29) is 0 Å². The summed E-state index contributed by atoms with van der Waals surface area (Å²) in [5, 5.41) is 3.40. The molecule has 0 radical (unpaired) electrons. The Kier molecular flexibility index (Phi) is 5.58. The maximum absolute atomic E-state index is 6.14. The van der Waals surface area contributed by atoms with Crippen LogP contribution in [0.5, 0.6) is 11.5 Å². The van der Waals surface area contributed by atoms with Gasteiger partial charge in [-0.3, -0.25) is 0 Å². The monoisotopic (exact) mass is 342 g/mol. The van der Waals surface area contributed by atoms with Crippen molar-refractivity contribution in [1.29, 1.82) is 0 Å². The molecule has 2 aromatic rings. The lowest BCUT2D eigenvalue weighted by Gasteiger charge is -2.17. The molecule has 1 N–H and O–H groups in total. The zero-order valence-electron chi connectivity index (χ0n) is 15.2. The van der Waals surface area contributed by atoms with E-state index in [1.807, 2.05) is 49.6 Å². The van der Waals surface area contributed by atoms with Gasteiger partial charge in [0.2, 0.25) is 5.95 Å². The molecule has 0 bridgehead atoms. The number of hydrogen-bond acceptors (Lipinski definition) is 6. The van der Waals surface area contributed by atoms with Crippen LogP contribution in [-0.4, -0.2) is 37.3 Å². The van der Waals surface area contributed by atoms with Crippen molar-refractivity contribution in [3.8, 4) is 11.5 Å². The number of anilines is 2. The van der Waals surface area contributed by atoms with Crippen molar-refractivity contribution in [1.82, 2.24) is 9.97 Å². The summed E-state index contributed by atoms with van der Waals surface area (Å²) in [5.41, 5.74) is 2.02. The summed E-state index contributed by atoms with van der Waals surface area (Å²) in [7, 11) is 5.53. The predicted octanol–water partition coefficient (Wildman–Crippen LogP) is 3.48. The fraction of sp³-hybridized carbons (Fsp3) is 0.474. The summed E-state index contributed by atoms with van der Waals surface area (Å²) in [5.74, 6) is 2.29. The van der Waals surface area contributed by atoms with Crippen LogP contribution in [0.15, 0.2) is 30.6 Å². The van der Waals surface area contributed by atoms with Crippen LogP contribution < -0.4 is 19.7 Å². The molecule has 1 aliphatic carbocycles. The summed E-state index contributed by atoms with van der Waals surface area (Å²) in [6.07, 6.45) is 8.72. The first-order valence-electron chi connectivity index (χ1n) is 8.72. The lowest BCUT2D eigenvalue weighted by Crippen LogP contribution is -2.13. The lowest BCUT2D eigenvalue weighted by atomic mass is 10.2. The third-order valence-electron chi connectivity index (χ3n) is 4.35. The van der Waals surface area contributed by atoms with Crippen LogP contribution in [0, 0.1) is 0 Å². The van der Waals surface area contributed by atoms with Gasteiger partial charge in [-0.05, 0) is 37.8 Å². The van der Waals surface area contributed by atoms with E-state index in [0.29, 0.717) is 18.6 Å². The van der Waals surface area contributed by atoms with Crippen LogP contribution in [0.4, 0.5) is 11.6 Å². The molecule has 1 aliphatic rings. The fourth-order valence-electron chi connectivity index (χ4n) is 2.94. The van der Waals surface area contributed by atoms with E-state index in [9.17, 15) is 0 Å². The average molecular weight is 342 g/mol. The van der Waals surface area contributed by atoms with Gasteiger partial charge in [0.1, 0.15) is 0 Å². The van der Waals surface area contributed by atoms with Crippen LogP contribution in [0.2, 0.25) is 0 Å². The average Bonchev–Trinajstić information content (AvgIpc) is 3.13. The highest BCUT2D eigenvalue weighted by atomic mass is 16.5. The molecule has 3 rings (SSSR count). The predicted molar refractivity (Wildman–Crippen MR) is 99.6 cm³/mol. The van der Waals surface area contributed by atoms with E-state index in [2.05, 4.69) is 15.3 Å². The van der Waals surface area contributed by atoms with Crippen molar-refractivity contribution in [3.05, 3.63) is 36.2 Å². The van der Waals surface area contributed by atoms with Crippen LogP contribution >= 0.6 is 0 Å². The molecular formula is C19H26N4O2. The number of methoxy groups -OCH3 is 1. The third-order valence-corrected chi connectivity index (χ3v) is 4.35. The van der Waals surface area contributed by atoms with Crippen LogP contribution in [0.3, 0.4) is 0 Å². The number of aromatic nitrogens is 2. The topological polar surface area (TPSA) is 59.5 Å². The molecular weight excluding hydrogens is 316 g/mol. The number of ether oxygens (including phenoxy) is 2. The fourth-order valence-corrected chi connectivity index (χ4v) is 2.94. The Hall–Kier alpha value is -2.50. The minimum absolute atomic E-state index is 0.302. The summed E-state index contributed by atoms with van der Waals surface area (Å²) < 4.78 is 11.6. The van der Waals surface area contributed by atoms with Gasteiger partial charge in [0.25, 0.3) is 0 Å². The van der Waals surface area contributed by atoms with Crippen molar-refractivity contribution in [2.45, 2.75) is 38.3 Å². The van der Waals surface area contributed by atoms with Gasteiger partial charge in [-0.15, -0.1) is 0 Å². The van der Waals surface area contributed by atoms with E-state index in [0.717, 1.165) is 35.6 Å². The Bertz CT molecular complexity index is 682. The second kappa shape index (κ2) is 8.05. The second-order valence-corrected chi connectivity index (χ2v) is 6.53. The molecule has 1 saturated carbocycles. The van der Waals surface area contributed by atoms with Gasteiger partial charge in [-0.2, -0.15) is 0 Å². The highest BCUT2D eigenvalue weighted by Gasteiger charge is 2.18. The summed E-state index contributed by atoms with van der Waals surface area (Å²) in [4.78, 5) is 10.6. The van der Waals surface area contributed by atoms with Gasteiger partial charge < -0.3 is 19.7 Å². The van der Waals surface area contributed by atoms with Crippen LogP contribution in [0.1, 0.15) is 31.2 Å². The zero-order valence-corrected chi connectivity index (χ0v) is 15.2. The molecule has 6 nitrogen and oxygen atoms in total. The van der Waals surface area contributed by atoms with E-state index >= 15 is 0 Å². The molecule has 1 fully saturated rings. The van der Waals surface area contributed by atoms with Crippen molar-refractivity contribution >= 4 is 11.6 Å². The summed E-state index contributed by atoms with van der Waals surface area (Å²) in [6, 6.07) is 5.94. The van der Waals surface area contributed by atoms with Crippen molar-refractivity contribution in [3.63, 3.8) is 0 Å². The lowest BCUT2D eigenvalue weighted by molar-refractivity contribution is 0.201. The molecule has 6 heteroatoms. The summed E-state index contributed by atoms with van der Waals surface area (Å²) >= 11 is 0. The van der Waals surface area contributed by atoms with Gasteiger partial charge in [-0.1, -0.05) is 0 Å². The maximum Gasteiger partial charge on any atom is 0.224 e. The highest BCUT2D eigenvalue weighted by Crippen LogP contribution is 2.34. The molecule has 0 saturated heterocycles. The Labute approximate surface area is 149 Å². The Morgan fingerprint density at radius 1 is 1.12 bits per heavy atom. The molecule has 1 aromatic carbocycles. The number of nitrogens with zero attached hydrogens (tertiary/aromatic N) is 3. The van der Waals surface area contributed by atoms with E-state index < -0.39 is 0 Å². The zero-order chi connectivity index (χ0) is 17.6. The normalized spacial score (nSPS) is 14.4. The quantitative estimate of drug-likeness (QED) is 0.831. The Morgan fingerprint density at radius 2 is 1.84 bits per heavy atom. The van der Waals surface area contributed by atoms with Crippen molar-refractivity contribution < 1.29 is 9.47 Å². The van der Waals surface area contributed by atoms with Crippen LogP contribution in [-0.2, 0) is 6.54 Å². The van der Waals surface area contributed by atoms with E-state index in [4.69, 9.17) is 9.47 Å². The van der Waals surface area contributed by atoms with Gasteiger partial charge in [0.15, 0.2) is 11.5 Å². The smallest absolute Gasteiger partial charge is 0.224 e. The molecule has 0 atom stereocenters. The minimum Gasteiger partial charge on any atom is -0.493 e. The number of hydrogen-bond donors (Lipinski definition) is 1. The molecule has 0 aliphatic heterocycles. The third kappa shape index (κ3) is 4.53. The maximum atomic E-state index is 6.14. The first kappa shape index (κ1) is 17.3. The minimum atomic E-state index is 0.302. The van der Waals surface area contributed by atoms with Gasteiger partial charge >= 0.3 is 0 Å². The van der Waals surface area contributed by atoms with Crippen molar-refractivity contribution in [2.24, 2.45) is 0 Å². The SMILES string of the molecule is COc1ccc(NCc2cnc(N(C)C)nc2)cc1OC1CCCC1. The molecule has 1 aromatic heterocycles. The number of nitrogens with one attached hydrogen (secondary N) is 1.